The normalized spacial score (nSPS) is 13.0. The summed E-state index contributed by atoms with van der Waals surface area (Å²) in [5.41, 5.74) is 0. The lowest BCUT2D eigenvalue weighted by Crippen LogP contribution is -2.07. The molecule has 0 spiro atoms. The van der Waals surface area contributed by atoms with Crippen LogP contribution in [-0.2, 0) is 6.54 Å². The highest BCUT2D eigenvalue weighted by atomic mass is 32.1. The van der Waals surface area contributed by atoms with Gasteiger partial charge in [0.15, 0.2) is 0 Å². The van der Waals surface area contributed by atoms with Gasteiger partial charge in [0.25, 0.3) is 0 Å². The summed E-state index contributed by atoms with van der Waals surface area (Å²) in [4.78, 5) is 5.19. The molecule has 3 aromatic rings. The van der Waals surface area contributed by atoms with Crippen LogP contribution in [0.15, 0.2) is 42.7 Å². The topological polar surface area (TPSA) is 38.0 Å². The summed E-state index contributed by atoms with van der Waals surface area (Å²) >= 11 is 1.62. The first-order chi connectivity index (χ1) is 8.79. The van der Waals surface area contributed by atoms with Crippen LogP contribution in [0, 0.1) is 0 Å². The van der Waals surface area contributed by atoms with Crippen LogP contribution in [0.4, 0.5) is 0 Å². The van der Waals surface area contributed by atoms with E-state index in [2.05, 4.69) is 17.1 Å². The van der Waals surface area contributed by atoms with Gasteiger partial charge in [0.05, 0.1) is 0 Å². The van der Waals surface area contributed by atoms with Crippen molar-refractivity contribution in [1.82, 2.24) is 9.55 Å². The van der Waals surface area contributed by atoms with Crippen molar-refractivity contribution in [2.75, 3.05) is 0 Å². The van der Waals surface area contributed by atoms with Crippen LogP contribution in [-0.4, -0.2) is 14.7 Å². The van der Waals surface area contributed by atoms with E-state index >= 15 is 0 Å². The van der Waals surface area contributed by atoms with Crippen LogP contribution >= 0.6 is 11.3 Å². The Balaban J connectivity index is 2.03. The predicted octanol–water partition coefficient (Wildman–Crippen LogP) is 3.20. The van der Waals surface area contributed by atoms with Gasteiger partial charge >= 0.3 is 0 Å². The maximum absolute atomic E-state index is 10.4. The monoisotopic (exact) mass is 258 g/mol. The Hall–Kier alpha value is -1.65. The summed E-state index contributed by atoms with van der Waals surface area (Å²) in [6.45, 7) is 2.86. The van der Waals surface area contributed by atoms with Gasteiger partial charge in [0.2, 0.25) is 0 Å². The van der Waals surface area contributed by atoms with E-state index in [0.717, 1.165) is 11.4 Å². The first-order valence-electron chi connectivity index (χ1n) is 5.97. The SMILES string of the molecule is CCn1ccnc1C(O)c1cc2ccccc2s1. The number of thiophene rings is 1. The Morgan fingerprint density at radius 2 is 2.22 bits per heavy atom. The molecular formula is C14H14N2OS. The molecule has 4 heteroatoms. The summed E-state index contributed by atoms with van der Waals surface area (Å²) in [5.74, 6) is 0.712. The fourth-order valence-electron chi connectivity index (χ4n) is 2.10. The van der Waals surface area contributed by atoms with Gasteiger partial charge in [-0.25, -0.2) is 4.98 Å². The quantitative estimate of drug-likeness (QED) is 0.783. The van der Waals surface area contributed by atoms with Gasteiger partial charge < -0.3 is 9.67 Å². The molecule has 3 rings (SSSR count). The summed E-state index contributed by atoms with van der Waals surface area (Å²) in [6.07, 6.45) is 2.98. The predicted molar refractivity (Wildman–Crippen MR) is 73.8 cm³/mol. The van der Waals surface area contributed by atoms with Crippen molar-refractivity contribution in [1.29, 1.82) is 0 Å². The first kappa shape index (κ1) is 11.4. The molecule has 0 fully saturated rings. The van der Waals surface area contributed by atoms with Crippen LogP contribution in [0.25, 0.3) is 10.1 Å². The fourth-order valence-corrected chi connectivity index (χ4v) is 3.15. The highest BCUT2D eigenvalue weighted by Crippen LogP contribution is 2.32. The summed E-state index contributed by atoms with van der Waals surface area (Å²) in [7, 11) is 0. The molecule has 1 atom stereocenters. The van der Waals surface area contributed by atoms with Crippen LogP contribution in [0.2, 0.25) is 0 Å². The molecule has 0 bridgehead atoms. The molecule has 2 aromatic heterocycles. The molecule has 0 aliphatic carbocycles. The second-order valence-corrected chi connectivity index (χ2v) is 5.28. The first-order valence-corrected chi connectivity index (χ1v) is 6.79. The molecule has 2 heterocycles. The third-order valence-corrected chi connectivity index (χ3v) is 4.22. The number of aromatic nitrogens is 2. The largest absolute Gasteiger partial charge is 0.380 e. The molecule has 0 saturated heterocycles. The third kappa shape index (κ3) is 1.83. The highest BCUT2D eigenvalue weighted by molar-refractivity contribution is 7.19. The van der Waals surface area contributed by atoms with Crippen molar-refractivity contribution in [2.24, 2.45) is 0 Å². The zero-order chi connectivity index (χ0) is 12.5. The van der Waals surface area contributed by atoms with Crippen LogP contribution in [0.1, 0.15) is 23.7 Å². The number of aliphatic hydroxyl groups excluding tert-OH is 1. The average Bonchev–Trinajstić information content (AvgIpc) is 3.03. The molecular weight excluding hydrogens is 244 g/mol. The van der Waals surface area contributed by atoms with Gasteiger partial charge in [-0.3, -0.25) is 0 Å². The van der Waals surface area contributed by atoms with E-state index in [1.807, 2.05) is 35.9 Å². The van der Waals surface area contributed by atoms with E-state index in [4.69, 9.17) is 0 Å². The molecule has 1 aromatic carbocycles. The minimum atomic E-state index is -0.641. The van der Waals surface area contributed by atoms with Crippen molar-refractivity contribution in [3.8, 4) is 0 Å². The van der Waals surface area contributed by atoms with Gasteiger partial charge in [-0.2, -0.15) is 0 Å². The van der Waals surface area contributed by atoms with Crippen LogP contribution < -0.4 is 0 Å². The number of aliphatic hydroxyl groups is 1. The number of hydrogen-bond donors (Lipinski definition) is 1. The van der Waals surface area contributed by atoms with Crippen molar-refractivity contribution < 1.29 is 5.11 Å². The van der Waals surface area contributed by atoms with Crippen molar-refractivity contribution in [2.45, 2.75) is 19.6 Å². The molecule has 0 radical (unpaired) electrons. The van der Waals surface area contributed by atoms with E-state index in [9.17, 15) is 5.11 Å². The van der Waals surface area contributed by atoms with Crippen LogP contribution in [0.3, 0.4) is 0 Å². The maximum Gasteiger partial charge on any atom is 0.146 e. The summed E-state index contributed by atoms with van der Waals surface area (Å²) in [5, 5.41) is 11.6. The number of imidazole rings is 1. The Kier molecular flexibility index (Phi) is 2.89. The van der Waals surface area contributed by atoms with Gasteiger partial charge in [0, 0.05) is 28.5 Å². The lowest BCUT2D eigenvalue weighted by atomic mass is 10.2. The summed E-state index contributed by atoms with van der Waals surface area (Å²) in [6, 6.07) is 10.2. The van der Waals surface area contributed by atoms with E-state index in [0.29, 0.717) is 5.82 Å². The molecule has 0 saturated carbocycles. The van der Waals surface area contributed by atoms with Gasteiger partial charge in [-0.1, -0.05) is 18.2 Å². The second kappa shape index (κ2) is 4.55. The number of fused-ring (bicyclic) bond motifs is 1. The molecule has 1 N–H and O–H groups in total. The maximum atomic E-state index is 10.4. The van der Waals surface area contributed by atoms with Crippen molar-refractivity contribution >= 4 is 21.4 Å². The van der Waals surface area contributed by atoms with Crippen LogP contribution in [0.5, 0.6) is 0 Å². The number of hydrogen-bond acceptors (Lipinski definition) is 3. The van der Waals surface area contributed by atoms with E-state index in [-0.39, 0.29) is 0 Å². The zero-order valence-corrected chi connectivity index (χ0v) is 10.9. The van der Waals surface area contributed by atoms with E-state index < -0.39 is 6.10 Å². The van der Waals surface area contributed by atoms with Gasteiger partial charge in [0.1, 0.15) is 11.9 Å². The highest BCUT2D eigenvalue weighted by Gasteiger charge is 2.17. The lowest BCUT2D eigenvalue weighted by molar-refractivity contribution is 0.208. The zero-order valence-electron chi connectivity index (χ0n) is 10.1. The molecule has 0 aliphatic rings. The molecule has 3 nitrogen and oxygen atoms in total. The Labute approximate surface area is 109 Å². The molecule has 0 amide bonds. The molecule has 0 aliphatic heterocycles. The number of benzene rings is 1. The van der Waals surface area contributed by atoms with Crippen molar-refractivity contribution in [3.05, 3.63) is 53.4 Å². The molecule has 18 heavy (non-hydrogen) atoms. The standard InChI is InChI=1S/C14H14N2OS/c1-2-16-8-7-15-14(16)13(17)12-9-10-5-3-4-6-11(10)18-12/h3-9,13,17H,2H2,1H3. The van der Waals surface area contributed by atoms with Crippen molar-refractivity contribution in [3.63, 3.8) is 0 Å². The number of aryl methyl sites for hydroxylation is 1. The third-order valence-electron chi connectivity index (χ3n) is 3.05. The average molecular weight is 258 g/mol. The smallest absolute Gasteiger partial charge is 0.146 e. The second-order valence-electron chi connectivity index (χ2n) is 4.16. The Morgan fingerprint density at radius 3 is 3.00 bits per heavy atom. The number of nitrogens with zero attached hydrogens (tertiary/aromatic N) is 2. The fraction of sp³-hybridized carbons (Fsp3) is 0.214. The Morgan fingerprint density at radius 1 is 1.39 bits per heavy atom. The Bertz CT molecular complexity index is 638. The molecule has 1 unspecified atom stereocenters. The van der Waals surface area contributed by atoms with E-state index in [1.54, 1.807) is 17.5 Å². The van der Waals surface area contributed by atoms with E-state index in [1.165, 1.54) is 10.1 Å². The summed E-state index contributed by atoms with van der Waals surface area (Å²) < 4.78 is 3.16. The van der Waals surface area contributed by atoms with Gasteiger partial charge in [-0.15, -0.1) is 11.3 Å². The molecule has 92 valence electrons. The van der Waals surface area contributed by atoms with Gasteiger partial charge in [-0.05, 0) is 24.4 Å². The lowest BCUT2D eigenvalue weighted by Gasteiger charge is -2.09. The minimum Gasteiger partial charge on any atom is -0.380 e. The minimum absolute atomic E-state index is 0.641. The number of rotatable bonds is 3.